The van der Waals surface area contributed by atoms with Crippen molar-refractivity contribution in [2.75, 3.05) is 11.9 Å². The van der Waals surface area contributed by atoms with Gasteiger partial charge in [-0.1, -0.05) is 11.6 Å². The molecule has 0 saturated heterocycles. The maximum Gasteiger partial charge on any atom is 0.319 e. The fourth-order valence-corrected chi connectivity index (χ4v) is 2.29. The summed E-state index contributed by atoms with van der Waals surface area (Å²) in [6.45, 7) is 4.22. The first kappa shape index (κ1) is 17.8. The van der Waals surface area contributed by atoms with E-state index in [1.54, 1.807) is 30.6 Å². The Bertz CT molecular complexity index is 700. The molecule has 128 valence electrons. The SMILES string of the molecule is CC(C)NC(=O)c1ccc(NC(=O)NCCc2cn[nH]c2)cc1Cl. The van der Waals surface area contributed by atoms with Crippen LogP contribution < -0.4 is 16.0 Å². The Balaban J connectivity index is 1.87. The number of hydrogen-bond acceptors (Lipinski definition) is 3. The second kappa shape index (κ2) is 8.35. The zero-order valence-corrected chi connectivity index (χ0v) is 14.3. The molecule has 3 amide bonds. The summed E-state index contributed by atoms with van der Waals surface area (Å²) in [5.74, 6) is -0.244. The quantitative estimate of drug-likeness (QED) is 0.645. The van der Waals surface area contributed by atoms with Crippen LogP contribution in [0.15, 0.2) is 30.6 Å². The van der Waals surface area contributed by atoms with Gasteiger partial charge in [0.15, 0.2) is 0 Å². The van der Waals surface area contributed by atoms with Gasteiger partial charge in [-0.05, 0) is 44.0 Å². The van der Waals surface area contributed by atoms with Gasteiger partial charge in [-0.25, -0.2) is 4.79 Å². The summed E-state index contributed by atoms with van der Waals surface area (Å²) in [6.07, 6.45) is 4.17. The number of nitrogens with one attached hydrogen (secondary N) is 4. The Morgan fingerprint density at radius 3 is 2.75 bits per heavy atom. The summed E-state index contributed by atoms with van der Waals surface area (Å²) in [5.41, 5.74) is 1.90. The van der Waals surface area contributed by atoms with Gasteiger partial charge in [-0.2, -0.15) is 5.10 Å². The highest BCUT2D eigenvalue weighted by Gasteiger charge is 2.12. The molecule has 0 unspecified atom stereocenters. The Kier molecular flexibility index (Phi) is 6.20. The first-order valence-corrected chi connectivity index (χ1v) is 7.96. The molecule has 24 heavy (non-hydrogen) atoms. The van der Waals surface area contributed by atoms with Crippen LogP contribution in [0.3, 0.4) is 0 Å². The average Bonchev–Trinajstić information content (AvgIpc) is 2.99. The number of nitrogens with zero attached hydrogens (tertiary/aromatic N) is 1. The van der Waals surface area contributed by atoms with Gasteiger partial charge in [-0.3, -0.25) is 9.89 Å². The summed E-state index contributed by atoms with van der Waals surface area (Å²) >= 11 is 6.12. The van der Waals surface area contributed by atoms with Crippen LogP contribution in [-0.4, -0.2) is 34.7 Å². The van der Waals surface area contributed by atoms with Gasteiger partial charge in [0.1, 0.15) is 0 Å². The van der Waals surface area contributed by atoms with Crippen LogP contribution >= 0.6 is 11.6 Å². The molecule has 0 aliphatic heterocycles. The molecule has 2 aromatic rings. The van der Waals surface area contributed by atoms with Gasteiger partial charge < -0.3 is 16.0 Å². The Hall–Kier alpha value is -2.54. The summed E-state index contributed by atoms with van der Waals surface area (Å²) in [5, 5.41) is 15.0. The first-order valence-electron chi connectivity index (χ1n) is 7.58. The van der Waals surface area contributed by atoms with Gasteiger partial charge >= 0.3 is 6.03 Å². The number of rotatable bonds is 6. The Morgan fingerprint density at radius 2 is 2.12 bits per heavy atom. The lowest BCUT2D eigenvalue weighted by atomic mass is 10.2. The molecule has 0 bridgehead atoms. The molecular formula is C16H20ClN5O2. The van der Waals surface area contributed by atoms with Crippen molar-refractivity contribution >= 4 is 29.2 Å². The van der Waals surface area contributed by atoms with E-state index in [2.05, 4.69) is 26.1 Å². The number of urea groups is 1. The van der Waals surface area contributed by atoms with Crippen molar-refractivity contribution in [3.63, 3.8) is 0 Å². The summed E-state index contributed by atoms with van der Waals surface area (Å²) in [7, 11) is 0. The molecule has 1 aromatic carbocycles. The van der Waals surface area contributed by atoms with Crippen molar-refractivity contribution in [2.24, 2.45) is 0 Å². The predicted molar refractivity (Wildman–Crippen MR) is 93.4 cm³/mol. The highest BCUT2D eigenvalue weighted by molar-refractivity contribution is 6.34. The molecule has 0 radical (unpaired) electrons. The van der Waals surface area contributed by atoms with Gasteiger partial charge in [0.2, 0.25) is 0 Å². The lowest BCUT2D eigenvalue weighted by Crippen LogP contribution is -2.31. The molecule has 0 fully saturated rings. The minimum absolute atomic E-state index is 0.0207. The number of amides is 3. The maximum atomic E-state index is 12.0. The molecule has 0 aliphatic carbocycles. The molecule has 1 heterocycles. The third kappa shape index (κ3) is 5.27. The number of hydrogen-bond donors (Lipinski definition) is 4. The van der Waals surface area contributed by atoms with E-state index in [4.69, 9.17) is 11.6 Å². The van der Waals surface area contributed by atoms with Gasteiger partial charge in [-0.15, -0.1) is 0 Å². The molecule has 4 N–H and O–H groups in total. The summed E-state index contributed by atoms with van der Waals surface area (Å²) in [4.78, 5) is 23.8. The van der Waals surface area contributed by atoms with Crippen LogP contribution in [0.1, 0.15) is 29.8 Å². The lowest BCUT2D eigenvalue weighted by molar-refractivity contribution is 0.0943. The number of carbonyl (C=O) groups is 2. The van der Waals surface area contributed by atoms with Crippen molar-refractivity contribution in [3.8, 4) is 0 Å². The molecule has 0 spiro atoms. The minimum atomic E-state index is -0.339. The number of benzene rings is 1. The van der Waals surface area contributed by atoms with Crippen molar-refractivity contribution in [1.82, 2.24) is 20.8 Å². The molecule has 8 heteroatoms. The average molecular weight is 350 g/mol. The third-order valence-corrected chi connectivity index (χ3v) is 3.46. The Labute approximate surface area is 145 Å². The molecule has 0 aliphatic rings. The molecule has 0 atom stereocenters. The van der Waals surface area contributed by atoms with E-state index in [0.29, 0.717) is 24.2 Å². The fraction of sp³-hybridized carbons (Fsp3) is 0.312. The normalized spacial score (nSPS) is 10.5. The number of anilines is 1. The molecule has 1 aromatic heterocycles. The van der Waals surface area contributed by atoms with Crippen LogP contribution in [0.2, 0.25) is 5.02 Å². The van der Waals surface area contributed by atoms with Gasteiger partial charge in [0.05, 0.1) is 16.8 Å². The van der Waals surface area contributed by atoms with Crippen LogP contribution in [0.4, 0.5) is 10.5 Å². The standard InChI is InChI=1S/C16H20ClN5O2/c1-10(2)21-15(23)13-4-3-12(7-14(13)17)22-16(24)18-6-5-11-8-19-20-9-11/h3-4,7-10H,5-6H2,1-2H3,(H,19,20)(H,21,23)(H2,18,22,24). The second-order valence-corrected chi connectivity index (χ2v) is 5.97. The monoisotopic (exact) mass is 349 g/mol. The van der Waals surface area contributed by atoms with Crippen molar-refractivity contribution in [3.05, 3.63) is 46.7 Å². The van der Waals surface area contributed by atoms with Crippen LogP contribution in [-0.2, 0) is 6.42 Å². The van der Waals surface area contributed by atoms with Crippen molar-refractivity contribution < 1.29 is 9.59 Å². The lowest BCUT2D eigenvalue weighted by Gasteiger charge is -2.11. The smallest absolute Gasteiger partial charge is 0.319 e. The predicted octanol–water partition coefficient (Wildman–Crippen LogP) is 2.57. The molecule has 0 saturated carbocycles. The van der Waals surface area contributed by atoms with E-state index in [-0.39, 0.29) is 23.0 Å². The van der Waals surface area contributed by atoms with Gasteiger partial charge in [0.25, 0.3) is 5.91 Å². The molecule has 7 nitrogen and oxygen atoms in total. The van der Waals surface area contributed by atoms with Crippen LogP contribution in [0.5, 0.6) is 0 Å². The summed E-state index contributed by atoms with van der Waals surface area (Å²) in [6, 6.07) is 4.45. The van der Waals surface area contributed by atoms with E-state index >= 15 is 0 Å². The van der Waals surface area contributed by atoms with Crippen molar-refractivity contribution in [2.45, 2.75) is 26.3 Å². The number of halogens is 1. The van der Waals surface area contributed by atoms with Gasteiger partial charge in [0, 0.05) is 24.5 Å². The number of carbonyl (C=O) groups excluding carboxylic acids is 2. The van der Waals surface area contributed by atoms with E-state index in [9.17, 15) is 9.59 Å². The molecular weight excluding hydrogens is 330 g/mol. The van der Waals surface area contributed by atoms with E-state index < -0.39 is 0 Å². The summed E-state index contributed by atoms with van der Waals surface area (Å²) < 4.78 is 0. The van der Waals surface area contributed by atoms with Crippen LogP contribution in [0.25, 0.3) is 0 Å². The highest BCUT2D eigenvalue weighted by atomic mass is 35.5. The number of H-pyrrole nitrogens is 1. The third-order valence-electron chi connectivity index (χ3n) is 3.15. The number of aromatic amines is 1. The van der Waals surface area contributed by atoms with E-state index in [1.165, 1.54) is 0 Å². The van der Waals surface area contributed by atoms with Crippen molar-refractivity contribution in [1.29, 1.82) is 0 Å². The minimum Gasteiger partial charge on any atom is -0.350 e. The fourth-order valence-electron chi connectivity index (χ4n) is 2.03. The Morgan fingerprint density at radius 1 is 1.33 bits per heavy atom. The second-order valence-electron chi connectivity index (χ2n) is 5.56. The molecule has 2 rings (SSSR count). The highest BCUT2D eigenvalue weighted by Crippen LogP contribution is 2.21. The topological polar surface area (TPSA) is 98.9 Å². The largest absolute Gasteiger partial charge is 0.350 e. The number of aromatic nitrogens is 2. The van der Waals surface area contributed by atoms with Crippen LogP contribution in [0, 0.1) is 0 Å². The zero-order valence-electron chi connectivity index (χ0n) is 13.5. The first-order chi connectivity index (χ1) is 11.5. The maximum absolute atomic E-state index is 12.0. The van der Waals surface area contributed by atoms with E-state index in [0.717, 1.165) is 5.56 Å². The zero-order chi connectivity index (χ0) is 17.5. The van der Waals surface area contributed by atoms with E-state index in [1.807, 2.05) is 13.8 Å².